The van der Waals surface area contributed by atoms with Crippen LogP contribution in [0.5, 0.6) is 5.75 Å². The molecule has 1 amide bonds. The zero-order chi connectivity index (χ0) is 12.0. The first kappa shape index (κ1) is 12.3. The van der Waals surface area contributed by atoms with Gasteiger partial charge in [0.25, 0.3) is 5.91 Å². The molecule has 0 unspecified atom stereocenters. The minimum Gasteiger partial charge on any atom is -0.495 e. The molecule has 0 aliphatic rings. The number of benzene rings is 1. The molecule has 88 valence electrons. The molecule has 0 fully saturated rings. The quantitative estimate of drug-likeness (QED) is 0.499. The van der Waals surface area contributed by atoms with Crippen molar-refractivity contribution >= 4 is 11.6 Å². The summed E-state index contributed by atoms with van der Waals surface area (Å²) in [5, 5.41) is 11.2. The smallest absolute Gasteiger partial charge is 0.251 e. The fraction of sp³-hybridized carbons (Fsp3) is 0.364. The maximum Gasteiger partial charge on any atom is 0.251 e. The van der Waals surface area contributed by atoms with Crippen molar-refractivity contribution in [1.82, 2.24) is 5.32 Å². The van der Waals surface area contributed by atoms with Crippen molar-refractivity contribution in [3.8, 4) is 5.75 Å². The zero-order valence-electron chi connectivity index (χ0n) is 9.19. The summed E-state index contributed by atoms with van der Waals surface area (Å²) in [6, 6.07) is 4.85. The Hall–Kier alpha value is -1.75. The summed E-state index contributed by atoms with van der Waals surface area (Å²) in [5.74, 6) is 0.342. The van der Waals surface area contributed by atoms with Crippen LogP contribution in [0.4, 0.5) is 5.69 Å². The lowest BCUT2D eigenvalue weighted by Gasteiger charge is -2.07. The van der Waals surface area contributed by atoms with Crippen molar-refractivity contribution in [2.75, 3.05) is 26.0 Å². The molecule has 0 aromatic heterocycles. The lowest BCUT2D eigenvalue weighted by Crippen LogP contribution is -2.25. The molecular formula is C11H16N2O3. The second kappa shape index (κ2) is 5.97. The fourth-order valence-electron chi connectivity index (χ4n) is 1.26. The van der Waals surface area contributed by atoms with E-state index in [2.05, 4.69) is 5.32 Å². The van der Waals surface area contributed by atoms with Gasteiger partial charge in [-0.15, -0.1) is 0 Å². The molecule has 0 atom stereocenters. The highest BCUT2D eigenvalue weighted by Gasteiger charge is 2.07. The van der Waals surface area contributed by atoms with E-state index in [9.17, 15) is 4.79 Å². The number of aliphatic hydroxyl groups excluding tert-OH is 1. The number of aliphatic hydroxyl groups is 1. The lowest BCUT2D eigenvalue weighted by atomic mass is 10.1. The van der Waals surface area contributed by atoms with E-state index in [0.29, 0.717) is 30.0 Å². The van der Waals surface area contributed by atoms with Gasteiger partial charge in [0.15, 0.2) is 0 Å². The highest BCUT2D eigenvalue weighted by atomic mass is 16.5. The lowest BCUT2D eigenvalue weighted by molar-refractivity contribution is 0.0951. The molecule has 0 aliphatic heterocycles. The standard InChI is InChI=1S/C11H16N2O3/c1-16-10-4-3-8(7-9(10)12)11(15)13-5-2-6-14/h3-4,7,14H,2,5-6,12H2,1H3,(H,13,15). The van der Waals surface area contributed by atoms with Crippen molar-refractivity contribution in [2.24, 2.45) is 0 Å². The number of methoxy groups -OCH3 is 1. The van der Waals surface area contributed by atoms with Gasteiger partial charge in [0.1, 0.15) is 5.75 Å². The van der Waals surface area contributed by atoms with Crippen LogP contribution < -0.4 is 15.8 Å². The van der Waals surface area contributed by atoms with E-state index < -0.39 is 0 Å². The van der Waals surface area contributed by atoms with E-state index in [0.717, 1.165) is 0 Å². The Balaban J connectivity index is 2.66. The SMILES string of the molecule is COc1ccc(C(=O)NCCCO)cc1N. The highest BCUT2D eigenvalue weighted by Crippen LogP contribution is 2.21. The van der Waals surface area contributed by atoms with E-state index in [1.807, 2.05) is 0 Å². The van der Waals surface area contributed by atoms with Gasteiger partial charge < -0.3 is 20.9 Å². The Bertz CT molecular complexity index is 366. The number of carbonyl (C=O) groups is 1. The Morgan fingerprint density at radius 1 is 1.56 bits per heavy atom. The van der Waals surface area contributed by atoms with E-state index in [1.54, 1.807) is 18.2 Å². The van der Waals surface area contributed by atoms with Crippen LogP contribution >= 0.6 is 0 Å². The predicted octanol–water partition coefficient (Wildman–Crippen LogP) is 0.390. The van der Waals surface area contributed by atoms with Crippen LogP contribution in [0.2, 0.25) is 0 Å². The van der Waals surface area contributed by atoms with Crippen molar-refractivity contribution < 1.29 is 14.6 Å². The summed E-state index contributed by atoms with van der Waals surface area (Å²) < 4.78 is 4.99. The maximum atomic E-state index is 11.6. The maximum absolute atomic E-state index is 11.6. The van der Waals surface area contributed by atoms with Crippen LogP contribution in [-0.2, 0) is 0 Å². The van der Waals surface area contributed by atoms with Crippen molar-refractivity contribution in [3.63, 3.8) is 0 Å². The number of nitrogens with one attached hydrogen (secondary N) is 1. The third-order valence-corrected chi connectivity index (χ3v) is 2.11. The van der Waals surface area contributed by atoms with E-state index in [4.69, 9.17) is 15.6 Å². The highest BCUT2D eigenvalue weighted by molar-refractivity contribution is 5.95. The van der Waals surface area contributed by atoms with E-state index >= 15 is 0 Å². The van der Waals surface area contributed by atoms with Crippen LogP contribution in [0.1, 0.15) is 16.8 Å². The van der Waals surface area contributed by atoms with Gasteiger partial charge in [-0.05, 0) is 24.6 Å². The summed E-state index contributed by atoms with van der Waals surface area (Å²) >= 11 is 0. The molecule has 0 aliphatic carbocycles. The average Bonchev–Trinajstić information content (AvgIpc) is 2.29. The molecule has 0 heterocycles. The minimum atomic E-state index is -0.206. The van der Waals surface area contributed by atoms with E-state index in [1.165, 1.54) is 7.11 Å². The molecule has 0 saturated carbocycles. The first-order valence-electron chi connectivity index (χ1n) is 5.01. The molecule has 4 N–H and O–H groups in total. The van der Waals surface area contributed by atoms with Gasteiger partial charge in [-0.3, -0.25) is 4.79 Å². The Morgan fingerprint density at radius 2 is 2.31 bits per heavy atom. The second-order valence-electron chi connectivity index (χ2n) is 3.29. The molecule has 1 rings (SSSR count). The van der Waals surface area contributed by atoms with Crippen LogP contribution in [0, 0.1) is 0 Å². The van der Waals surface area contributed by atoms with Crippen molar-refractivity contribution in [3.05, 3.63) is 23.8 Å². The first-order valence-corrected chi connectivity index (χ1v) is 5.01. The zero-order valence-corrected chi connectivity index (χ0v) is 9.19. The van der Waals surface area contributed by atoms with Gasteiger partial charge in [-0.2, -0.15) is 0 Å². The van der Waals surface area contributed by atoms with Crippen LogP contribution in [0.25, 0.3) is 0 Å². The number of nitrogen functional groups attached to an aromatic ring is 1. The average molecular weight is 224 g/mol. The monoisotopic (exact) mass is 224 g/mol. The molecule has 1 aromatic carbocycles. The van der Waals surface area contributed by atoms with Crippen LogP contribution in [0.15, 0.2) is 18.2 Å². The number of anilines is 1. The Labute approximate surface area is 94.2 Å². The largest absolute Gasteiger partial charge is 0.495 e. The molecular weight excluding hydrogens is 208 g/mol. The number of amides is 1. The second-order valence-corrected chi connectivity index (χ2v) is 3.29. The van der Waals surface area contributed by atoms with Crippen molar-refractivity contribution in [2.45, 2.75) is 6.42 Å². The summed E-state index contributed by atoms with van der Waals surface area (Å²) in [4.78, 5) is 11.6. The first-order chi connectivity index (χ1) is 7.69. The minimum absolute atomic E-state index is 0.0605. The third kappa shape index (κ3) is 3.13. The van der Waals surface area contributed by atoms with Gasteiger partial charge >= 0.3 is 0 Å². The molecule has 0 saturated heterocycles. The number of carbonyl (C=O) groups excluding carboxylic acids is 1. The predicted molar refractivity (Wildman–Crippen MR) is 61.4 cm³/mol. The Morgan fingerprint density at radius 3 is 2.88 bits per heavy atom. The van der Waals surface area contributed by atoms with Gasteiger partial charge in [-0.25, -0.2) is 0 Å². The topological polar surface area (TPSA) is 84.6 Å². The van der Waals surface area contributed by atoms with Gasteiger partial charge in [0, 0.05) is 18.7 Å². The summed E-state index contributed by atoms with van der Waals surface area (Å²) in [5.41, 5.74) is 6.59. The summed E-state index contributed by atoms with van der Waals surface area (Å²) in [7, 11) is 1.52. The summed E-state index contributed by atoms with van der Waals surface area (Å²) in [6.07, 6.45) is 0.539. The summed E-state index contributed by atoms with van der Waals surface area (Å²) in [6.45, 7) is 0.506. The number of ether oxygens (including phenoxy) is 1. The van der Waals surface area contributed by atoms with Crippen LogP contribution in [0.3, 0.4) is 0 Å². The molecule has 0 radical (unpaired) electrons. The molecule has 1 aromatic rings. The van der Waals surface area contributed by atoms with Crippen molar-refractivity contribution in [1.29, 1.82) is 0 Å². The van der Waals surface area contributed by atoms with E-state index in [-0.39, 0.29) is 12.5 Å². The normalized spacial score (nSPS) is 9.88. The molecule has 5 heteroatoms. The third-order valence-electron chi connectivity index (χ3n) is 2.11. The number of hydrogen-bond donors (Lipinski definition) is 3. The Kier molecular flexibility index (Phi) is 4.60. The van der Waals surface area contributed by atoms with Gasteiger partial charge in [-0.1, -0.05) is 0 Å². The van der Waals surface area contributed by atoms with Gasteiger partial charge in [0.05, 0.1) is 12.8 Å². The number of hydrogen-bond acceptors (Lipinski definition) is 4. The molecule has 0 bridgehead atoms. The molecule has 16 heavy (non-hydrogen) atoms. The van der Waals surface area contributed by atoms with Gasteiger partial charge in [0.2, 0.25) is 0 Å². The number of nitrogens with two attached hydrogens (primary N) is 1. The number of rotatable bonds is 5. The molecule has 5 nitrogen and oxygen atoms in total. The fourth-order valence-corrected chi connectivity index (χ4v) is 1.26. The van der Waals surface area contributed by atoms with Crippen LogP contribution in [-0.4, -0.2) is 31.3 Å². The molecule has 0 spiro atoms.